The van der Waals surface area contributed by atoms with Gasteiger partial charge in [0.05, 0.1) is 5.56 Å². The summed E-state index contributed by atoms with van der Waals surface area (Å²) in [5.41, 5.74) is 0.641. The zero-order valence-corrected chi connectivity index (χ0v) is 12.9. The molecule has 6 heteroatoms. The highest BCUT2D eigenvalue weighted by Gasteiger charge is 2.26. The number of halogens is 3. The number of hydrogen-bond donors (Lipinski definition) is 1. The minimum atomic E-state index is -0.853. The molecule has 0 aliphatic carbocycles. The van der Waals surface area contributed by atoms with Gasteiger partial charge in [0.2, 0.25) is 0 Å². The van der Waals surface area contributed by atoms with Gasteiger partial charge in [-0.3, -0.25) is 4.79 Å². The number of hydrogen-bond acceptors (Lipinski definition) is 2. The third-order valence-corrected chi connectivity index (χ3v) is 4.09. The van der Waals surface area contributed by atoms with E-state index in [4.69, 9.17) is 0 Å². The van der Waals surface area contributed by atoms with E-state index in [1.807, 2.05) is 0 Å². The monoisotopic (exact) mass is 334 g/mol. The van der Waals surface area contributed by atoms with Crippen LogP contribution in [0.3, 0.4) is 0 Å². The molecule has 0 radical (unpaired) electrons. The lowest BCUT2D eigenvalue weighted by atomic mass is 10.0. The SMILES string of the molecule is O=C(c1ccc(F)cc1F)N1CCC[C@H](Nc2ccc(F)cc2)C1. The first-order valence-electron chi connectivity index (χ1n) is 7.79. The lowest BCUT2D eigenvalue weighted by Gasteiger charge is -2.33. The van der Waals surface area contributed by atoms with E-state index in [-0.39, 0.29) is 17.4 Å². The lowest BCUT2D eigenvalue weighted by molar-refractivity contribution is 0.0710. The fourth-order valence-corrected chi connectivity index (χ4v) is 2.89. The van der Waals surface area contributed by atoms with Gasteiger partial charge >= 0.3 is 0 Å². The van der Waals surface area contributed by atoms with Gasteiger partial charge in [-0.05, 0) is 49.2 Å². The molecule has 1 aliphatic rings. The number of nitrogens with one attached hydrogen (secondary N) is 1. The predicted octanol–water partition coefficient (Wildman–Crippen LogP) is 3.82. The van der Waals surface area contributed by atoms with Crippen molar-refractivity contribution in [2.45, 2.75) is 18.9 Å². The van der Waals surface area contributed by atoms with Crippen LogP contribution >= 0.6 is 0 Å². The van der Waals surface area contributed by atoms with E-state index in [0.717, 1.165) is 24.6 Å². The first-order chi connectivity index (χ1) is 11.5. The number of anilines is 1. The zero-order chi connectivity index (χ0) is 17.1. The summed E-state index contributed by atoms with van der Waals surface area (Å²) < 4.78 is 39.7. The van der Waals surface area contributed by atoms with Gasteiger partial charge in [0.15, 0.2) is 0 Å². The molecule has 1 heterocycles. The van der Waals surface area contributed by atoms with Crippen LogP contribution < -0.4 is 5.32 Å². The molecule has 126 valence electrons. The average Bonchev–Trinajstić information content (AvgIpc) is 2.57. The standard InChI is InChI=1S/C18H17F3N2O/c19-12-3-6-14(7-4-12)22-15-2-1-9-23(11-15)18(24)16-8-5-13(20)10-17(16)21/h3-8,10,15,22H,1-2,9,11H2/t15-/m0/s1. The van der Waals surface area contributed by atoms with Crippen LogP contribution in [0.25, 0.3) is 0 Å². The van der Waals surface area contributed by atoms with Crippen molar-refractivity contribution in [3.63, 3.8) is 0 Å². The lowest BCUT2D eigenvalue weighted by Crippen LogP contribution is -2.45. The molecule has 1 fully saturated rings. The van der Waals surface area contributed by atoms with Crippen molar-refractivity contribution >= 4 is 11.6 Å². The Kier molecular flexibility index (Phi) is 4.74. The Balaban J connectivity index is 1.68. The maximum atomic E-state index is 13.8. The second-order valence-electron chi connectivity index (χ2n) is 5.87. The van der Waals surface area contributed by atoms with E-state index in [2.05, 4.69) is 5.32 Å². The predicted molar refractivity (Wildman–Crippen MR) is 85.3 cm³/mol. The topological polar surface area (TPSA) is 32.3 Å². The van der Waals surface area contributed by atoms with Crippen molar-refractivity contribution in [1.82, 2.24) is 4.90 Å². The van der Waals surface area contributed by atoms with E-state index in [1.54, 1.807) is 17.0 Å². The molecule has 1 aliphatic heterocycles. The highest BCUT2D eigenvalue weighted by Crippen LogP contribution is 2.20. The summed E-state index contributed by atoms with van der Waals surface area (Å²) in [6, 6.07) is 8.95. The van der Waals surface area contributed by atoms with Gasteiger partial charge in [0.25, 0.3) is 5.91 Å². The maximum absolute atomic E-state index is 13.8. The van der Waals surface area contributed by atoms with Crippen LogP contribution in [0.5, 0.6) is 0 Å². The second kappa shape index (κ2) is 6.95. The number of likely N-dealkylation sites (tertiary alicyclic amines) is 1. The Morgan fingerprint density at radius 1 is 1.04 bits per heavy atom. The molecule has 1 amide bonds. The van der Waals surface area contributed by atoms with Gasteiger partial charge in [-0.25, -0.2) is 13.2 Å². The Morgan fingerprint density at radius 2 is 1.75 bits per heavy atom. The van der Waals surface area contributed by atoms with E-state index in [0.29, 0.717) is 19.2 Å². The van der Waals surface area contributed by atoms with Crippen molar-refractivity contribution in [1.29, 1.82) is 0 Å². The number of piperidine rings is 1. The normalized spacial score (nSPS) is 17.6. The van der Waals surface area contributed by atoms with E-state index >= 15 is 0 Å². The molecule has 1 N–H and O–H groups in total. The quantitative estimate of drug-likeness (QED) is 0.925. The van der Waals surface area contributed by atoms with Gasteiger partial charge in [-0.1, -0.05) is 0 Å². The molecule has 2 aromatic rings. The van der Waals surface area contributed by atoms with Crippen LogP contribution in [0, 0.1) is 17.5 Å². The zero-order valence-electron chi connectivity index (χ0n) is 12.9. The summed E-state index contributed by atoms with van der Waals surface area (Å²) >= 11 is 0. The fourth-order valence-electron chi connectivity index (χ4n) is 2.89. The largest absolute Gasteiger partial charge is 0.381 e. The minimum absolute atomic E-state index is 0.00308. The molecule has 0 saturated carbocycles. The molecule has 1 saturated heterocycles. The fraction of sp³-hybridized carbons (Fsp3) is 0.278. The van der Waals surface area contributed by atoms with Gasteiger partial charge in [-0.2, -0.15) is 0 Å². The van der Waals surface area contributed by atoms with Crippen LogP contribution in [-0.4, -0.2) is 29.9 Å². The number of amides is 1. The summed E-state index contributed by atoms with van der Waals surface area (Å²) in [6.07, 6.45) is 1.63. The minimum Gasteiger partial charge on any atom is -0.381 e. The summed E-state index contributed by atoms with van der Waals surface area (Å²) in [6.45, 7) is 0.935. The molecule has 0 bridgehead atoms. The molecule has 24 heavy (non-hydrogen) atoms. The number of rotatable bonds is 3. The summed E-state index contributed by atoms with van der Waals surface area (Å²) in [5.74, 6) is -2.32. The van der Waals surface area contributed by atoms with Crippen molar-refractivity contribution in [3.05, 3.63) is 65.5 Å². The molecule has 3 rings (SSSR count). The number of carbonyl (C=O) groups is 1. The molecule has 2 aromatic carbocycles. The molecule has 0 spiro atoms. The smallest absolute Gasteiger partial charge is 0.256 e. The van der Waals surface area contributed by atoms with Gasteiger partial charge < -0.3 is 10.2 Å². The summed E-state index contributed by atoms with van der Waals surface area (Å²) in [7, 11) is 0. The van der Waals surface area contributed by atoms with Crippen molar-refractivity contribution in [3.8, 4) is 0 Å². The average molecular weight is 334 g/mol. The highest BCUT2D eigenvalue weighted by atomic mass is 19.1. The van der Waals surface area contributed by atoms with Crippen LogP contribution in [0.15, 0.2) is 42.5 Å². The number of nitrogens with zero attached hydrogens (tertiary/aromatic N) is 1. The summed E-state index contributed by atoms with van der Waals surface area (Å²) in [5, 5.41) is 3.25. The highest BCUT2D eigenvalue weighted by molar-refractivity contribution is 5.94. The van der Waals surface area contributed by atoms with E-state index in [9.17, 15) is 18.0 Å². The Bertz CT molecular complexity index is 734. The first-order valence-corrected chi connectivity index (χ1v) is 7.79. The third kappa shape index (κ3) is 3.69. The third-order valence-electron chi connectivity index (χ3n) is 4.09. The second-order valence-corrected chi connectivity index (χ2v) is 5.87. The molecule has 0 aromatic heterocycles. The van der Waals surface area contributed by atoms with Crippen LogP contribution in [0.1, 0.15) is 23.2 Å². The van der Waals surface area contributed by atoms with Gasteiger partial charge in [-0.15, -0.1) is 0 Å². The molecular weight excluding hydrogens is 317 g/mol. The van der Waals surface area contributed by atoms with E-state index in [1.165, 1.54) is 18.2 Å². The molecule has 1 atom stereocenters. The van der Waals surface area contributed by atoms with Gasteiger partial charge in [0, 0.05) is 30.9 Å². The van der Waals surface area contributed by atoms with Crippen molar-refractivity contribution < 1.29 is 18.0 Å². The molecular formula is C18H17F3N2O. The van der Waals surface area contributed by atoms with Crippen molar-refractivity contribution in [2.75, 3.05) is 18.4 Å². The molecule has 3 nitrogen and oxygen atoms in total. The van der Waals surface area contributed by atoms with Crippen LogP contribution in [0.4, 0.5) is 18.9 Å². The Hall–Kier alpha value is -2.50. The Labute approximate surface area is 138 Å². The first kappa shape index (κ1) is 16.4. The van der Waals surface area contributed by atoms with Crippen molar-refractivity contribution in [2.24, 2.45) is 0 Å². The molecule has 0 unspecified atom stereocenters. The van der Waals surface area contributed by atoms with E-state index < -0.39 is 17.5 Å². The number of benzene rings is 2. The van der Waals surface area contributed by atoms with Gasteiger partial charge in [0.1, 0.15) is 17.5 Å². The Morgan fingerprint density at radius 3 is 2.46 bits per heavy atom. The van der Waals surface area contributed by atoms with Crippen LogP contribution in [-0.2, 0) is 0 Å². The van der Waals surface area contributed by atoms with Crippen LogP contribution in [0.2, 0.25) is 0 Å². The number of carbonyl (C=O) groups excluding carboxylic acids is 1. The maximum Gasteiger partial charge on any atom is 0.256 e. The summed E-state index contributed by atoms with van der Waals surface area (Å²) in [4.78, 5) is 14.0.